The van der Waals surface area contributed by atoms with Gasteiger partial charge in [-0.1, -0.05) is 76.3 Å². The fourth-order valence-electron chi connectivity index (χ4n) is 5.75. The Morgan fingerprint density at radius 3 is 2.61 bits per heavy atom. The summed E-state index contributed by atoms with van der Waals surface area (Å²) in [5, 5.41) is 4.61. The van der Waals surface area contributed by atoms with E-state index in [0.29, 0.717) is 18.0 Å². The molecule has 1 aromatic rings. The quantitative estimate of drug-likeness (QED) is 0.310. The summed E-state index contributed by atoms with van der Waals surface area (Å²) in [6.45, 7) is 8.75. The minimum absolute atomic E-state index is 0.406. The first-order chi connectivity index (χ1) is 16.2. The van der Waals surface area contributed by atoms with Crippen molar-refractivity contribution in [1.29, 1.82) is 0 Å². The lowest BCUT2D eigenvalue weighted by molar-refractivity contribution is 0.278. The van der Waals surface area contributed by atoms with Crippen LogP contribution < -0.4 is 5.32 Å². The maximum atomic E-state index is 6.04. The molecule has 1 aromatic carbocycles. The van der Waals surface area contributed by atoms with E-state index in [2.05, 4.69) is 59.3 Å². The number of unbranched alkanes of at least 4 members (excludes halogenated alkanes) is 1. The highest BCUT2D eigenvalue weighted by Gasteiger charge is 2.35. The number of amidine groups is 1. The van der Waals surface area contributed by atoms with E-state index in [9.17, 15) is 0 Å². The maximum Gasteiger partial charge on any atom is 0.172 e. The number of hydrogen-bond acceptors (Lipinski definition) is 3. The van der Waals surface area contributed by atoms with Gasteiger partial charge in [0.05, 0.1) is 17.9 Å². The van der Waals surface area contributed by atoms with Crippen LogP contribution in [0.2, 0.25) is 0 Å². The summed E-state index contributed by atoms with van der Waals surface area (Å²) in [7, 11) is 0. The van der Waals surface area contributed by atoms with Gasteiger partial charge in [0, 0.05) is 32.1 Å². The van der Waals surface area contributed by atoms with Crippen LogP contribution in [0.15, 0.2) is 35.3 Å². The van der Waals surface area contributed by atoms with E-state index in [1.54, 1.807) is 0 Å². The van der Waals surface area contributed by atoms with Gasteiger partial charge in [0.25, 0.3) is 0 Å². The Bertz CT molecular complexity index is 773. The van der Waals surface area contributed by atoms with Gasteiger partial charge in [-0.05, 0) is 55.8 Å². The lowest BCUT2D eigenvalue weighted by Gasteiger charge is -2.29. The zero-order valence-electron chi connectivity index (χ0n) is 20.8. The third-order valence-electron chi connectivity index (χ3n) is 8.11. The van der Waals surface area contributed by atoms with Crippen LogP contribution in [0.1, 0.15) is 89.7 Å². The molecule has 0 radical (unpaired) electrons. The molecule has 4 nitrogen and oxygen atoms in total. The van der Waals surface area contributed by atoms with E-state index in [1.165, 1.54) is 69.2 Å². The molecule has 5 heteroatoms. The fourth-order valence-corrected chi connectivity index (χ4v) is 6.14. The van der Waals surface area contributed by atoms with Crippen molar-refractivity contribution in [3.05, 3.63) is 35.9 Å². The van der Waals surface area contributed by atoms with Gasteiger partial charge in [0.2, 0.25) is 0 Å². The Morgan fingerprint density at radius 1 is 1.06 bits per heavy atom. The van der Waals surface area contributed by atoms with Crippen LogP contribution in [-0.2, 0) is 0 Å². The van der Waals surface area contributed by atoms with Crippen LogP contribution in [0.3, 0.4) is 0 Å². The van der Waals surface area contributed by atoms with Gasteiger partial charge >= 0.3 is 0 Å². The summed E-state index contributed by atoms with van der Waals surface area (Å²) in [6, 6.07) is 11.9. The Hall–Kier alpha value is -1.62. The Kier molecular flexibility index (Phi) is 9.05. The SMILES string of the molecule is CCC(C)C1=N[C@@H](CCCCN2C[C@@H](c3ccccc3)N(CCC3CCCCC3)C2=S)CN1. The fraction of sp³-hybridized carbons (Fsp3) is 0.714. The largest absolute Gasteiger partial charge is 0.371 e. The van der Waals surface area contributed by atoms with Crippen molar-refractivity contribution in [2.75, 3.05) is 26.2 Å². The summed E-state index contributed by atoms with van der Waals surface area (Å²) in [5.74, 6) is 2.68. The highest BCUT2D eigenvalue weighted by Crippen LogP contribution is 2.33. The van der Waals surface area contributed by atoms with Gasteiger partial charge in [-0.3, -0.25) is 4.99 Å². The molecule has 2 fully saturated rings. The summed E-state index contributed by atoms with van der Waals surface area (Å²) in [4.78, 5) is 9.96. The molecular formula is C28H44N4S. The molecule has 1 saturated heterocycles. The monoisotopic (exact) mass is 468 g/mol. The molecule has 33 heavy (non-hydrogen) atoms. The molecule has 2 aliphatic heterocycles. The number of nitrogens with one attached hydrogen (secondary N) is 1. The second kappa shape index (κ2) is 12.2. The summed E-state index contributed by atoms with van der Waals surface area (Å²) in [5.41, 5.74) is 1.41. The van der Waals surface area contributed by atoms with Crippen molar-refractivity contribution in [1.82, 2.24) is 15.1 Å². The minimum Gasteiger partial charge on any atom is -0.371 e. The molecule has 182 valence electrons. The normalized spacial score (nSPS) is 24.8. The number of aliphatic imine (C=N–C) groups is 1. The van der Waals surface area contributed by atoms with Gasteiger partial charge in [0.1, 0.15) is 0 Å². The van der Waals surface area contributed by atoms with Crippen molar-refractivity contribution < 1.29 is 0 Å². The van der Waals surface area contributed by atoms with E-state index in [4.69, 9.17) is 17.2 Å². The van der Waals surface area contributed by atoms with Crippen molar-refractivity contribution >= 4 is 23.2 Å². The van der Waals surface area contributed by atoms with Crippen molar-refractivity contribution in [2.45, 2.75) is 90.1 Å². The molecule has 1 saturated carbocycles. The third kappa shape index (κ3) is 6.49. The molecular weight excluding hydrogens is 424 g/mol. The molecule has 3 aliphatic rings. The first-order valence-corrected chi connectivity index (χ1v) is 14.0. The lowest BCUT2D eigenvalue weighted by Crippen LogP contribution is -2.34. The van der Waals surface area contributed by atoms with E-state index >= 15 is 0 Å². The third-order valence-corrected chi connectivity index (χ3v) is 8.60. The van der Waals surface area contributed by atoms with Gasteiger partial charge in [-0.15, -0.1) is 0 Å². The van der Waals surface area contributed by atoms with E-state index in [0.717, 1.165) is 43.6 Å². The van der Waals surface area contributed by atoms with Crippen LogP contribution in [0.5, 0.6) is 0 Å². The zero-order valence-corrected chi connectivity index (χ0v) is 21.7. The molecule has 0 aromatic heterocycles. The van der Waals surface area contributed by atoms with Crippen LogP contribution in [0, 0.1) is 11.8 Å². The van der Waals surface area contributed by atoms with E-state index in [1.807, 2.05) is 0 Å². The second-order valence-corrected chi connectivity index (χ2v) is 10.9. The predicted molar refractivity (Wildman–Crippen MR) is 144 cm³/mol. The second-order valence-electron chi connectivity index (χ2n) is 10.5. The summed E-state index contributed by atoms with van der Waals surface area (Å²) < 4.78 is 0. The molecule has 0 amide bonds. The minimum atomic E-state index is 0.406. The van der Waals surface area contributed by atoms with Crippen LogP contribution in [0.4, 0.5) is 0 Å². The molecule has 1 unspecified atom stereocenters. The Morgan fingerprint density at radius 2 is 1.85 bits per heavy atom. The maximum absolute atomic E-state index is 6.04. The van der Waals surface area contributed by atoms with E-state index in [-0.39, 0.29) is 0 Å². The van der Waals surface area contributed by atoms with Crippen LogP contribution in [0.25, 0.3) is 0 Å². The number of rotatable bonds is 11. The molecule has 0 bridgehead atoms. The molecule has 1 N–H and O–H groups in total. The van der Waals surface area contributed by atoms with Gasteiger partial charge in [-0.25, -0.2) is 0 Å². The smallest absolute Gasteiger partial charge is 0.172 e. The number of thiocarbonyl (C=S) groups is 1. The van der Waals surface area contributed by atoms with Gasteiger partial charge < -0.3 is 15.1 Å². The first-order valence-electron chi connectivity index (χ1n) is 13.6. The molecule has 2 heterocycles. The molecule has 3 atom stereocenters. The Balaban J connectivity index is 1.29. The zero-order chi connectivity index (χ0) is 23.0. The number of hydrogen-bond donors (Lipinski definition) is 1. The van der Waals surface area contributed by atoms with Gasteiger partial charge in [-0.2, -0.15) is 0 Å². The molecule has 4 rings (SSSR count). The van der Waals surface area contributed by atoms with Crippen molar-refractivity contribution in [3.8, 4) is 0 Å². The lowest BCUT2D eigenvalue weighted by atomic mass is 9.87. The number of benzene rings is 1. The summed E-state index contributed by atoms with van der Waals surface area (Å²) >= 11 is 6.04. The highest BCUT2D eigenvalue weighted by molar-refractivity contribution is 7.80. The van der Waals surface area contributed by atoms with Crippen LogP contribution in [-0.4, -0.2) is 53.0 Å². The van der Waals surface area contributed by atoms with Crippen molar-refractivity contribution in [2.24, 2.45) is 16.8 Å². The summed E-state index contributed by atoms with van der Waals surface area (Å²) in [6.07, 6.45) is 13.2. The van der Waals surface area contributed by atoms with Crippen LogP contribution >= 0.6 is 12.2 Å². The average Bonchev–Trinajstić information content (AvgIpc) is 3.46. The topological polar surface area (TPSA) is 30.9 Å². The van der Waals surface area contributed by atoms with E-state index < -0.39 is 0 Å². The predicted octanol–water partition coefficient (Wildman–Crippen LogP) is 6.19. The van der Waals surface area contributed by atoms with Gasteiger partial charge in [0.15, 0.2) is 5.11 Å². The highest BCUT2D eigenvalue weighted by atomic mass is 32.1. The standard InChI is InChI=1S/C28H44N4S/c1-3-22(2)27-29-20-25(30-27)16-10-11-18-31-21-26(24-14-8-5-9-15-24)32(28(31)33)19-17-23-12-6-4-7-13-23/h5,8-9,14-15,22-23,25-26H,3-4,6-7,10-13,16-21H2,1-2H3,(H,29,30)/t22?,25-,26-/m0/s1. The Labute approximate surface area is 207 Å². The number of nitrogens with zero attached hydrogens (tertiary/aromatic N) is 3. The first kappa shape index (κ1) is 24.5. The molecule has 0 spiro atoms. The average molecular weight is 469 g/mol. The molecule has 1 aliphatic carbocycles. The van der Waals surface area contributed by atoms with Crippen molar-refractivity contribution in [3.63, 3.8) is 0 Å².